The Hall–Kier alpha value is -4.47. The van der Waals surface area contributed by atoms with Gasteiger partial charge in [0.1, 0.15) is 5.69 Å². The first-order valence-corrected chi connectivity index (χ1v) is 10.1. The van der Waals surface area contributed by atoms with Gasteiger partial charge in [-0.15, -0.1) is 10.2 Å². The minimum Gasteiger partial charge on any atom is -0.493 e. The summed E-state index contributed by atoms with van der Waals surface area (Å²) in [7, 11) is 4.51. The van der Waals surface area contributed by atoms with E-state index in [9.17, 15) is 4.79 Å². The van der Waals surface area contributed by atoms with E-state index in [0.29, 0.717) is 34.0 Å². The minimum absolute atomic E-state index is 0.0309. The zero-order valence-electron chi connectivity index (χ0n) is 18.2. The van der Waals surface area contributed by atoms with Gasteiger partial charge in [0, 0.05) is 5.56 Å². The van der Waals surface area contributed by atoms with E-state index in [1.54, 1.807) is 29.6 Å². The summed E-state index contributed by atoms with van der Waals surface area (Å²) in [6.07, 6.45) is 1.68. The van der Waals surface area contributed by atoms with Crippen molar-refractivity contribution in [2.45, 2.75) is 6.42 Å². The number of rotatable bonds is 6. The number of fused-ring (bicyclic) bond motifs is 3. The van der Waals surface area contributed by atoms with Crippen LogP contribution in [-0.2, 0) is 16.0 Å². The van der Waals surface area contributed by atoms with Crippen LogP contribution in [0.15, 0.2) is 54.7 Å². The fraction of sp³-hybridized carbons (Fsp3) is 0.174. The average Bonchev–Trinajstić information content (AvgIpc) is 3.45. The van der Waals surface area contributed by atoms with Crippen molar-refractivity contribution in [3.63, 3.8) is 0 Å². The lowest BCUT2D eigenvalue weighted by molar-refractivity contribution is -0.139. The van der Waals surface area contributed by atoms with Gasteiger partial charge >= 0.3 is 5.97 Å². The zero-order valence-corrected chi connectivity index (χ0v) is 18.2. The van der Waals surface area contributed by atoms with Gasteiger partial charge < -0.3 is 14.2 Å². The molecule has 5 rings (SSSR count). The van der Waals surface area contributed by atoms with Gasteiger partial charge in [0.15, 0.2) is 28.3 Å². The third kappa shape index (κ3) is 3.41. The Morgan fingerprint density at radius 2 is 1.76 bits per heavy atom. The molecule has 10 heteroatoms. The molecular weight excluding hydrogens is 424 g/mol. The Morgan fingerprint density at radius 1 is 0.970 bits per heavy atom. The summed E-state index contributed by atoms with van der Waals surface area (Å²) >= 11 is 0. The van der Waals surface area contributed by atoms with Crippen molar-refractivity contribution in [3.05, 3.63) is 60.4 Å². The number of para-hydroxylation sites is 1. The van der Waals surface area contributed by atoms with Crippen molar-refractivity contribution in [2.75, 3.05) is 21.3 Å². The molecule has 3 heterocycles. The molecule has 0 radical (unpaired) electrons. The summed E-state index contributed by atoms with van der Waals surface area (Å²) in [5.41, 5.74) is 4.47. The summed E-state index contributed by atoms with van der Waals surface area (Å²) in [5.74, 6) is 0.807. The van der Waals surface area contributed by atoms with Gasteiger partial charge in [-0.3, -0.25) is 4.79 Å². The zero-order chi connectivity index (χ0) is 22.9. The summed E-state index contributed by atoms with van der Waals surface area (Å²) in [6.45, 7) is 0. The van der Waals surface area contributed by atoms with Crippen molar-refractivity contribution in [3.8, 4) is 28.3 Å². The molecule has 5 aromatic rings. The minimum atomic E-state index is -0.414. The molecule has 3 aromatic heterocycles. The molecule has 0 aliphatic heterocycles. The summed E-state index contributed by atoms with van der Waals surface area (Å²) in [4.78, 5) is 12.0. The fourth-order valence-corrected chi connectivity index (χ4v) is 3.71. The Kier molecular flexibility index (Phi) is 5.09. The lowest BCUT2D eigenvalue weighted by Gasteiger charge is -2.09. The normalized spacial score (nSPS) is 11.1. The molecule has 0 N–H and O–H groups in total. The van der Waals surface area contributed by atoms with E-state index in [1.165, 1.54) is 7.11 Å². The predicted octanol–water partition coefficient (Wildman–Crippen LogP) is 2.86. The maximum Gasteiger partial charge on any atom is 0.311 e. The van der Waals surface area contributed by atoms with Gasteiger partial charge in [0.25, 0.3) is 0 Å². The Balaban J connectivity index is 1.75. The number of hydrogen-bond acceptors (Lipinski definition) is 8. The molecule has 0 bridgehead atoms. The molecule has 0 fully saturated rings. The van der Waals surface area contributed by atoms with E-state index < -0.39 is 5.97 Å². The smallest absolute Gasteiger partial charge is 0.311 e. The number of benzene rings is 2. The molecule has 0 spiro atoms. The quantitative estimate of drug-likeness (QED) is 0.368. The average molecular weight is 444 g/mol. The van der Waals surface area contributed by atoms with Crippen LogP contribution >= 0.6 is 0 Å². The van der Waals surface area contributed by atoms with E-state index in [-0.39, 0.29) is 6.42 Å². The standard InChI is InChI=1S/C23H20N6O4/c1-31-18-10-9-14(11-19(18)32-2)16-13-24-29-22(16)26-25-21-17(12-20(30)33-3)27-28(23(21)29)15-7-5-4-6-8-15/h4-11,13H,12H2,1-3H3. The summed E-state index contributed by atoms with van der Waals surface area (Å²) in [5, 5.41) is 18.1. The monoisotopic (exact) mass is 444 g/mol. The van der Waals surface area contributed by atoms with E-state index in [4.69, 9.17) is 14.2 Å². The number of ether oxygens (including phenoxy) is 3. The molecule has 166 valence electrons. The lowest BCUT2D eigenvalue weighted by Crippen LogP contribution is -2.06. The van der Waals surface area contributed by atoms with Crippen molar-refractivity contribution in [1.82, 2.24) is 29.6 Å². The first kappa shape index (κ1) is 20.4. The van der Waals surface area contributed by atoms with Crippen LogP contribution in [-0.4, -0.2) is 56.9 Å². The maximum absolute atomic E-state index is 12.0. The molecule has 0 saturated carbocycles. The molecule has 33 heavy (non-hydrogen) atoms. The van der Waals surface area contributed by atoms with Crippen LogP contribution < -0.4 is 9.47 Å². The van der Waals surface area contributed by atoms with E-state index in [1.807, 2.05) is 48.5 Å². The molecule has 0 atom stereocenters. The lowest BCUT2D eigenvalue weighted by atomic mass is 10.1. The van der Waals surface area contributed by atoms with Crippen LogP contribution in [0.4, 0.5) is 0 Å². The number of esters is 1. The summed E-state index contributed by atoms with van der Waals surface area (Å²) < 4.78 is 19.0. The van der Waals surface area contributed by atoms with E-state index in [2.05, 4.69) is 20.4 Å². The van der Waals surface area contributed by atoms with Gasteiger partial charge in [-0.1, -0.05) is 24.3 Å². The second-order valence-corrected chi connectivity index (χ2v) is 7.18. The highest BCUT2D eigenvalue weighted by Crippen LogP contribution is 2.34. The van der Waals surface area contributed by atoms with Crippen molar-refractivity contribution in [1.29, 1.82) is 0 Å². The second kappa shape index (κ2) is 8.23. The topological polar surface area (TPSA) is 106 Å². The van der Waals surface area contributed by atoms with Crippen LogP contribution in [0.2, 0.25) is 0 Å². The van der Waals surface area contributed by atoms with E-state index in [0.717, 1.165) is 16.8 Å². The third-order valence-electron chi connectivity index (χ3n) is 5.33. The van der Waals surface area contributed by atoms with Gasteiger partial charge in [-0.25, -0.2) is 4.68 Å². The molecular formula is C23H20N6O4. The van der Waals surface area contributed by atoms with Crippen LogP contribution in [0, 0.1) is 0 Å². The van der Waals surface area contributed by atoms with Crippen LogP contribution in [0.3, 0.4) is 0 Å². The van der Waals surface area contributed by atoms with Crippen molar-refractivity contribution in [2.24, 2.45) is 0 Å². The van der Waals surface area contributed by atoms with Crippen molar-refractivity contribution < 1.29 is 19.0 Å². The highest BCUT2D eigenvalue weighted by atomic mass is 16.5. The number of methoxy groups -OCH3 is 3. The molecule has 0 saturated heterocycles. The number of hydrogen-bond donors (Lipinski definition) is 0. The maximum atomic E-state index is 12.0. The highest BCUT2D eigenvalue weighted by Gasteiger charge is 2.22. The first-order chi connectivity index (χ1) is 16.1. The SMILES string of the molecule is COC(=O)Cc1nn(-c2ccccc2)c2c1nnc1c(-c3ccc(OC)c(OC)c3)cnn12. The molecule has 0 aliphatic rings. The molecule has 0 aliphatic carbocycles. The molecule has 0 unspecified atom stereocenters. The summed E-state index contributed by atoms with van der Waals surface area (Å²) in [6, 6.07) is 15.2. The van der Waals surface area contributed by atoms with Gasteiger partial charge in [-0.2, -0.15) is 14.7 Å². The predicted molar refractivity (Wildman–Crippen MR) is 120 cm³/mol. The second-order valence-electron chi connectivity index (χ2n) is 7.18. The number of carbonyl (C=O) groups excluding carboxylic acids is 1. The Morgan fingerprint density at radius 3 is 2.48 bits per heavy atom. The highest BCUT2D eigenvalue weighted by molar-refractivity contribution is 5.86. The molecule has 2 aromatic carbocycles. The number of nitrogens with zero attached hydrogens (tertiary/aromatic N) is 6. The Bertz CT molecular complexity index is 1480. The van der Waals surface area contributed by atoms with Gasteiger partial charge in [-0.05, 0) is 29.8 Å². The fourth-order valence-electron chi connectivity index (χ4n) is 3.71. The Labute approximate surface area is 188 Å². The van der Waals surface area contributed by atoms with Crippen LogP contribution in [0.25, 0.3) is 33.6 Å². The first-order valence-electron chi connectivity index (χ1n) is 10.1. The molecule has 10 nitrogen and oxygen atoms in total. The van der Waals surface area contributed by atoms with Gasteiger partial charge in [0.2, 0.25) is 0 Å². The number of carbonyl (C=O) groups is 1. The number of aromatic nitrogens is 6. The van der Waals surface area contributed by atoms with E-state index >= 15 is 0 Å². The van der Waals surface area contributed by atoms with Crippen LogP contribution in [0.5, 0.6) is 11.5 Å². The third-order valence-corrected chi connectivity index (χ3v) is 5.33. The van der Waals surface area contributed by atoms with Crippen LogP contribution in [0.1, 0.15) is 5.69 Å². The van der Waals surface area contributed by atoms with Gasteiger partial charge in [0.05, 0.1) is 39.6 Å². The largest absolute Gasteiger partial charge is 0.493 e. The molecule has 0 amide bonds. The van der Waals surface area contributed by atoms with Crippen molar-refractivity contribution >= 4 is 22.8 Å².